The quantitative estimate of drug-likeness (QED) is 0.319. The van der Waals surface area contributed by atoms with E-state index in [0.29, 0.717) is 0 Å². The molecule has 0 radical (unpaired) electrons. The van der Waals surface area contributed by atoms with Gasteiger partial charge in [-0.05, 0) is 0 Å². The summed E-state index contributed by atoms with van der Waals surface area (Å²) in [6.45, 7) is -0.216. The van der Waals surface area contributed by atoms with Gasteiger partial charge in [-0.3, -0.25) is 4.79 Å². The molecule has 0 aromatic heterocycles. The van der Waals surface area contributed by atoms with Crippen LogP contribution >= 0.6 is 57.4 Å². The van der Waals surface area contributed by atoms with Crippen molar-refractivity contribution in [1.29, 1.82) is 0 Å². The van der Waals surface area contributed by atoms with Crippen molar-refractivity contribution in [3.8, 4) is 0 Å². The van der Waals surface area contributed by atoms with E-state index < -0.39 is 15.9 Å². The lowest BCUT2D eigenvalue weighted by Crippen LogP contribution is -2.30. The van der Waals surface area contributed by atoms with Gasteiger partial charge in [-0.25, -0.2) is 4.79 Å². The molecule has 0 saturated heterocycles. The number of ether oxygens (including phenoxy) is 2. The summed E-state index contributed by atoms with van der Waals surface area (Å²) in [6.07, 6.45) is -0.958. The van der Waals surface area contributed by atoms with E-state index in [0.717, 1.165) is 0 Å². The van der Waals surface area contributed by atoms with Crippen molar-refractivity contribution < 1.29 is 19.1 Å². The van der Waals surface area contributed by atoms with E-state index in [1.54, 1.807) is 0 Å². The Labute approximate surface area is 109 Å². The Balaban J connectivity index is 3.98. The predicted molar refractivity (Wildman–Crippen MR) is 61.1 cm³/mol. The average molecular weight is 375 g/mol. The smallest absolute Gasteiger partial charge is 0.348 e. The number of hydrogen-bond acceptors (Lipinski definition) is 4. The summed E-state index contributed by atoms with van der Waals surface area (Å²) >= 11 is 17.9. The molecule has 14 heavy (non-hydrogen) atoms. The Kier molecular flexibility index (Phi) is 7.19. The molecule has 1 unspecified atom stereocenters. The first-order chi connectivity index (χ1) is 6.40. The van der Waals surface area contributed by atoms with Crippen LogP contribution in [0.2, 0.25) is 0 Å². The molecule has 82 valence electrons. The average Bonchev–Trinajstić information content (AvgIpc) is 2.09. The van der Waals surface area contributed by atoms with Gasteiger partial charge >= 0.3 is 5.97 Å². The van der Waals surface area contributed by atoms with Gasteiger partial charge in [0.05, 0.1) is 0 Å². The third-order valence-electron chi connectivity index (χ3n) is 1.00. The number of rotatable bonds is 5. The summed E-state index contributed by atoms with van der Waals surface area (Å²) in [7, 11) is 0. The molecule has 0 aliphatic carbocycles. The molecule has 0 amide bonds. The summed E-state index contributed by atoms with van der Waals surface area (Å²) in [4.78, 5) is 21.1. The highest BCUT2D eigenvalue weighted by Gasteiger charge is 2.26. The molecule has 0 bridgehead atoms. The van der Waals surface area contributed by atoms with Crippen LogP contribution in [0.3, 0.4) is 0 Å². The van der Waals surface area contributed by atoms with E-state index in [2.05, 4.69) is 9.47 Å². The monoisotopic (exact) mass is 374 g/mol. The molecule has 8 heteroatoms. The predicted octanol–water partition coefficient (Wildman–Crippen LogP) is 1.88. The molecule has 0 N–H and O–H groups in total. The molecule has 0 aliphatic rings. The van der Waals surface area contributed by atoms with Crippen LogP contribution in [0, 0.1) is 0 Å². The van der Waals surface area contributed by atoms with E-state index in [9.17, 15) is 9.59 Å². The standard InChI is InChI=1S/C6H6Cl3IO4/c7-6(8,9)2-13-5(12)4(1-10)14-3-11/h3-4H,1-2H2. The van der Waals surface area contributed by atoms with Crippen molar-refractivity contribution in [2.24, 2.45) is 0 Å². The van der Waals surface area contributed by atoms with Crippen LogP contribution in [0.5, 0.6) is 0 Å². The third kappa shape index (κ3) is 6.92. The third-order valence-corrected chi connectivity index (χ3v) is 2.13. The van der Waals surface area contributed by atoms with Gasteiger partial charge in [-0.2, -0.15) is 0 Å². The van der Waals surface area contributed by atoms with E-state index in [4.69, 9.17) is 34.8 Å². The molecule has 0 aliphatic heterocycles. The lowest BCUT2D eigenvalue weighted by Gasteiger charge is -2.14. The highest BCUT2D eigenvalue weighted by atomic mass is 127. The fourth-order valence-corrected chi connectivity index (χ4v) is 1.20. The van der Waals surface area contributed by atoms with Crippen molar-refractivity contribution in [2.45, 2.75) is 9.90 Å². The maximum Gasteiger partial charge on any atom is 0.348 e. The molecule has 0 aromatic rings. The minimum absolute atomic E-state index is 0.167. The van der Waals surface area contributed by atoms with Crippen molar-refractivity contribution in [3.05, 3.63) is 0 Å². The van der Waals surface area contributed by atoms with Crippen molar-refractivity contribution in [2.75, 3.05) is 11.0 Å². The van der Waals surface area contributed by atoms with Crippen molar-refractivity contribution in [3.63, 3.8) is 0 Å². The number of carbonyl (C=O) groups excluding carboxylic acids is 2. The largest absolute Gasteiger partial charge is 0.458 e. The number of esters is 1. The normalized spacial score (nSPS) is 13.1. The van der Waals surface area contributed by atoms with Gasteiger partial charge in [-0.1, -0.05) is 57.4 Å². The van der Waals surface area contributed by atoms with E-state index >= 15 is 0 Å². The molecular weight excluding hydrogens is 369 g/mol. The summed E-state index contributed by atoms with van der Waals surface area (Å²) in [6, 6.07) is 0. The topological polar surface area (TPSA) is 52.6 Å². The SMILES string of the molecule is O=COC(CI)C(=O)OCC(Cl)(Cl)Cl. The fraction of sp³-hybridized carbons (Fsp3) is 0.667. The van der Waals surface area contributed by atoms with Crippen LogP contribution in [-0.4, -0.2) is 33.4 Å². The Hall–Kier alpha value is 0.540. The number of carbonyl (C=O) groups is 2. The Morgan fingerprint density at radius 3 is 2.43 bits per heavy atom. The minimum atomic E-state index is -1.66. The zero-order valence-electron chi connectivity index (χ0n) is 6.71. The maximum atomic E-state index is 11.1. The van der Waals surface area contributed by atoms with Gasteiger partial charge in [0.2, 0.25) is 9.90 Å². The molecule has 0 rings (SSSR count). The number of alkyl halides is 4. The Morgan fingerprint density at radius 2 is 2.07 bits per heavy atom. The van der Waals surface area contributed by atoms with Gasteiger partial charge in [0.15, 0.2) is 0 Å². The number of hydrogen-bond donors (Lipinski definition) is 0. The molecular formula is C6H6Cl3IO4. The van der Waals surface area contributed by atoms with E-state index in [1.165, 1.54) is 0 Å². The summed E-state index contributed by atoms with van der Waals surface area (Å²) in [5.74, 6) is -0.738. The number of halogens is 4. The van der Waals surface area contributed by atoms with E-state index in [-0.39, 0.29) is 17.5 Å². The lowest BCUT2D eigenvalue weighted by atomic mass is 10.4. The first-order valence-corrected chi connectivity index (χ1v) is 5.95. The fourth-order valence-electron chi connectivity index (χ4n) is 0.468. The first-order valence-electron chi connectivity index (χ1n) is 3.29. The Morgan fingerprint density at radius 1 is 1.50 bits per heavy atom. The van der Waals surface area contributed by atoms with Crippen LogP contribution < -0.4 is 0 Å². The van der Waals surface area contributed by atoms with Gasteiger partial charge in [0.25, 0.3) is 6.47 Å². The van der Waals surface area contributed by atoms with E-state index in [1.807, 2.05) is 22.6 Å². The van der Waals surface area contributed by atoms with Gasteiger partial charge in [-0.15, -0.1) is 0 Å². The van der Waals surface area contributed by atoms with Crippen LogP contribution in [0.4, 0.5) is 0 Å². The highest BCUT2D eigenvalue weighted by molar-refractivity contribution is 14.1. The van der Waals surface area contributed by atoms with Crippen LogP contribution in [0.15, 0.2) is 0 Å². The molecule has 4 nitrogen and oxygen atoms in total. The van der Waals surface area contributed by atoms with Crippen LogP contribution in [0.25, 0.3) is 0 Å². The zero-order chi connectivity index (χ0) is 11.2. The van der Waals surface area contributed by atoms with Gasteiger partial charge in [0.1, 0.15) is 6.61 Å². The summed E-state index contributed by atoms with van der Waals surface area (Å²) < 4.78 is 7.63. The van der Waals surface area contributed by atoms with Crippen molar-refractivity contribution in [1.82, 2.24) is 0 Å². The maximum absolute atomic E-state index is 11.1. The lowest BCUT2D eigenvalue weighted by molar-refractivity contribution is -0.159. The second-order valence-corrected chi connectivity index (χ2v) is 5.50. The molecule has 1 atom stereocenters. The zero-order valence-corrected chi connectivity index (χ0v) is 11.1. The minimum Gasteiger partial charge on any atom is -0.458 e. The molecule has 0 heterocycles. The van der Waals surface area contributed by atoms with Crippen molar-refractivity contribution >= 4 is 69.8 Å². The Bertz CT molecular complexity index is 206. The second kappa shape index (κ2) is 6.92. The second-order valence-electron chi connectivity index (χ2n) is 2.10. The first kappa shape index (κ1) is 14.5. The highest BCUT2D eigenvalue weighted by Crippen LogP contribution is 2.26. The van der Waals surface area contributed by atoms with Gasteiger partial charge in [0, 0.05) is 4.43 Å². The van der Waals surface area contributed by atoms with Crippen LogP contribution in [0.1, 0.15) is 0 Å². The summed E-state index contributed by atoms with van der Waals surface area (Å²) in [5, 5.41) is 0. The van der Waals surface area contributed by atoms with Gasteiger partial charge < -0.3 is 9.47 Å². The molecule has 0 spiro atoms. The van der Waals surface area contributed by atoms with Crippen LogP contribution in [-0.2, 0) is 19.1 Å². The molecule has 0 aromatic carbocycles. The molecule has 0 saturated carbocycles. The summed E-state index contributed by atoms with van der Waals surface area (Å²) in [5.41, 5.74) is 0. The molecule has 0 fully saturated rings.